The summed E-state index contributed by atoms with van der Waals surface area (Å²) in [6.45, 7) is 3.77. The van der Waals surface area contributed by atoms with Crippen LogP contribution in [0.4, 0.5) is 5.69 Å². The molecule has 0 saturated carbocycles. The first-order valence-corrected chi connectivity index (χ1v) is 11.0. The minimum Gasteiger partial charge on any atom is -0.490 e. The number of rotatable bonds is 9. The van der Waals surface area contributed by atoms with E-state index in [9.17, 15) is 14.9 Å². The fourth-order valence-corrected chi connectivity index (χ4v) is 3.37. The summed E-state index contributed by atoms with van der Waals surface area (Å²) in [5, 5.41) is 12.7. The maximum atomic E-state index is 12.5. The van der Waals surface area contributed by atoms with Crippen LogP contribution in [0.15, 0.2) is 40.4 Å². The summed E-state index contributed by atoms with van der Waals surface area (Å²) in [6, 6.07) is 9.70. The van der Waals surface area contributed by atoms with Gasteiger partial charge in [-0.15, -0.1) is 0 Å². The second kappa shape index (κ2) is 12.3. The van der Waals surface area contributed by atoms with Gasteiger partial charge in [-0.25, -0.2) is 4.79 Å². The van der Waals surface area contributed by atoms with Gasteiger partial charge in [-0.05, 0) is 71.7 Å². The van der Waals surface area contributed by atoms with Gasteiger partial charge in [0.1, 0.15) is 11.6 Å². The number of nitriles is 1. The summed E-state index contributed by atoms with van der Waals surface area (Å²) >= 11 is 15.2. The third-order valence-electron chi connectivity index (χ3n) is 3.82. The van der Waals surface area contributed by atoms with Gasteiger partial charge in [0.15, 0.2) is 18.1 Å². The van der Waals surface area contributed by atoms with Gasteiger partial charge in [-0.2, -0.15) is 5.26 Å². The summed E-state index contributed by atoms with van der Waals surface area (Å²) in [6.07, 6.45) is 1.40. The van der Waals surface area contributed by atoms with Crippen LogP contribution in [0.3, 0.4) is 0 Å². The highest BCUT2D eigenvalue weighted by Gasteiger charge is 2.16. The highest BCUT2D eigenvalue weighted by molar-refractivity contribution is 9.10. The lowest BCUT2D eigenvalue weighted by Gasteiger charge is -2.14. The fourth-order valence-electron chi connectivity index (χ4n) is 2.50. The summed E-state index contributed by atoms with van der Waals surface area (Å²) < 4.78 is 16.5. The molecular weight excluding hydrogens is 523 g/mol. The van der Waals surface area contributed by atoms with Crippen LogP contribution in [0, 0.1) is 11.3 Å². The van der Waals surface area contributed by atoms with E-state index in [0.29, 0.717) is 38.9 Å². The Hall–Kier alpha value is -2.73. The van der Waals surface area contributed by atoms with Crippen LogP contribution < -0.4 is 14.8 Å². The molecule has 0 radical (unpaired) electrons. The maximum Gasteiger partial charge on any atom is 0.344 e. The van der Waals surface area contributed by atoms with Crippen LogP contribution in [-0.4, -0.2) is 31.7 Å². The van der Waals surface area contributed by atoms with Crippen LogP contribution in [-0.2, 0) is 14.3 Å². The molecule has 168 valence electrons. The minimum absolute atomic E-state index is 0.148. The number of nitrogens with one attached hydrogen (secondary N) is 1. The Bertz CT molecular complexity index is 1080. The largest absolute Gasteiger partial charge is 0.490 e. The number of halogens is 3. The number of ether oxygens (including phenoxy) is 3. The second-order valence-corrected chi connectivity index (χ2v) is 7.78. The van der Waals surface area contributed by atoms with E-state index in [-0.39, 0.29) is 23.8 Å². The summed E-state index contributed by atoms with van der Waals surface area (Å²) in [5.74, 6) is -0.505. The van der Waals surface area contributed by atoms with Gasteiger partial charge < -0.3 is 19.5 Å². The molecule has 0 aliphatic heterocycles. The molecule has 0 aliphatic carbocycles. The molecule has 2 aromatic rings. The molecule has 2 rings (SSSR count). The molecule has 1 amide bonds. The summed E-state index contributed by atoms with van der Waals surface area (Å²) in [7, 11) is 0. The molecule has 0 aromatic heterocycles. The molecule has 0 unspecified atom stereocenters. The van der Waals surface area contributed by atoms with Crippen LogP contribution in [0.1, 0.15) is 19.4 Å². The molecule has 0 bridgehead atoms. The smallest absolute Gasteiger partial charge is 0.344 e. The predicted molar refractivity (Wildman–Crippen MR) is 126 cm³/mol. The quantitative estimate of drug-likeness (QED) is 0.250. The van der Waals surface area contributed by atoms with Crippen LogP contribution in [0.2, 0.25) is 10.0 Å². The first kappa shape index (κ1) is 25.5. The zero-order valence-corrected chi connectivity index (χ0v) is 20.3. The zero-order valence-electron chi connectivity index (χ0n) is 17.2. The van der Waals surface area contributed by atoms with Crippen molar-refractivity contribution in [2.75, 3.05) is 25.1 Å². The van der Waals surface area contributed by atoms with Crippen LogP contribution in [0.5, 0.6) is 11.5 Å². The standard InChI is InChI=1S/C22H19BrCl2N2O5/c1-3-30-19-9-13(8-16(23)21(19)32-12-20(28)31-4-2)7-14(11-26)22(29)27-15-5-6-17(24)18(25)10-15/h5-10H,3-4,12H2,1-2H3,(H,27,29)/b14-7+. The maximum absolute atomic E-state index is 12.5. The molecule has 0 heterocycles. The van der Waals surface area contributed by atoms with Crippen molar-refractivity contribution in [2.45, 2.75) is 13.8 Å². The van der Waals surface area contributed by atoms with E-state index >= 15 is 0 Å². The lowest BCUT2D eigenvalue weighted by atomic mass is 10.1. The minimum atomic E-state index is -0.623. The number of amides is 1. The van der Waals surface area contributed by atoms with E-state index in [0.717, 1.165) is 0 Å². The van der Waals surface area contributed by atoms with E-state index in [1.165, 1.54) is 18.2 Å². The lowest BCUT2D eigenvalue weighted by molar-refractivity contribution is -0.145. The van der Waals surface area contributed by atoms with E-state index in [2.05, 4.69) is 21.2 Å². The number of hydrogen-bond acceptors (Lipinski definition) is 6. The number of esters is 1. The second-order valence-electron chi connectivity index (χ2n) is 6.11. The number of carbonyl (C=O) groups excluding carboxylic acids is 2. The molecule has 0 atom stereocenters. The number of benzene rings is 2. The summed E-state index contributed by atoms with van der Waals surface area (Å²) in [4.78, 5) is 24.2. The van der Waals surface area contributed by atoms with Crippen molar-refractivity contribution in [1.82, 2.24) is 0 Å². The Labute approximate surface area is 204 Å². The van der Waals surface area contributed by atoms with Crippen molar-refractivity contribution in [3.8, 4) is 17.6 Å². The molecular formula is C22H19BrCl2N2O5. The van der Waals surface area contributed by atoms with E-state index in [1.807, 2.05) is 6.07 Å². The number of hydrogen-bond donors (Lipinski definition) is 1. The SMILES string of the molecule is CCOC(=O)COc1c(Br)cc(/C=C(\C#N)C(=O)Nc2ccc(Cl)c(Cl)c2)cc1OCC. The number of anilines is 1. The molecule has 10 heteroatoms. The first-order valence-electron chi connectivity index (χ1n) is 9.42. The Kier molecular flexibility index (Phi) is 9.85. The highest BCUT2D eigenvalue weighted by atomic mass is 79.9. The Morgan fingerprint density at radius 3 is 2.50 bits per heavy atom. The number of carbonyl (C=O) groups is 2. The van der Waals surface area contributed by atoms with Gasteiger partial charge in [0.25, 0.3) is 5.91 Å². The molecule has 7 nitrogen and oxygen atoms in total. The average molecular weight is 542 g/mol. The van der Waals surface area contributed by atoms with Crippen molar-refractivity contribution < 1.29 is 23.8 Å². The Morgan fingerprint density at radius 2 is 1.88 bits per heavy atom. The van der Waals surface area contributed by atoms with Crippen molar-refractivity contribution in [3.63, 3.8) is 0 Å². The molecule has 0 fully saturated rings. The zero-order chi connectivity index (χ0) is 23.7. The Morgan fingerprint density at radius 1 is 1.12 bits per heavy atom. The topological polar surface area (TPSA) is 97.7 Å². The highest BCUT2D eigenvalue weighted by Crippen LogP contribution is 2.37. The van der Waals surface area contributed by atoms with Crippen molar-refractivity contribution in [2.24, 2.45) is 0 Å². The van der Waals surface area contributed by atoms with E-state index in [1.54, 1.807) is 32.0 Å². The first-order chi connectivity index (χ1) is 15.3. The monoisotopic (exact) mass is 540 g/mol. The van der Waals surface area contributed by atoms with Gasteiger partial charge in [0, 0.05) is 5.69 Å². The lowest BCUT2D eigenvalue weighted by Crippen LogP contribution is -2.15. The van der Waals surface area contributed by atoms with E-state index < -0.39 is 11.9 Å². The average Bonchev–Trinajstić information content (AvgIpc) is 2.74. The fraction of sp³-hybridized carbons (Fsp3) is 0.227. The molecule has 0 spiro atoms. The van der Waals surface area contributed by atoms with E-state index in [4.69, 9.17) is 37.4 Å². The van der Waals surface area contributed by atoms with Crippen molar-refractivity contribution in [3.05, 3.63) is 56.0 Å². The molecule has 0 aliphatic rings. The molecule has 1 N–H and O–H groups in total. The van der Waals surface area contributed by atoms with Gasteiger partial charge >= 0.3 is 5.97 Å². The molecule has 32 heavy (non-hydrogen) atoms. The van der Waals surface area contributed by atoms with Gasteiger partial charge in [-0.1, -0.05) is 23.2 Å². The summed E-state index contributed by atoms with van der Waals surface area (Å²) in [5.41, 5.74) is 0.750. The predicted octanol–water partition coefficient (Wildman–Crippen LogP) is 5.64. The third-order valence-corrected chi connectivity index (χ3v) is 5.15. The van der Waals surface area contributed by atoms with Crippen LogP contribution in [0.25, 0.3) is 6.08 Å². The Balaban J connectivity index is 2.29. The molecule has 0 saturated heterocycles. The van der Waals surface area contributed by atoms with Crippen molar-refractivity contribution in [1.29, 1.82) is 5.26 Å². The van der Waals surface area contributed by atoms with Gasteiger partial charge in [-0.3, -0.25) is 4.79 Å². The normalized spacial score (nSPS) is 10.8. The van der Waals surface area contributed by atoms with Gasteiger partial charge in [0.05, 0.1) is 27.7 Å². The van der Waals surface area contributed by atoms with Crippen LogP contribution >= 0.6 is 39.1 Å². The number of nitrogens with zero attached hydrogens (tertiary/aromatic N) is 1. The third kappa shape index (κ3) is 7.16. The van der Waals surface area contributed by atoms with Gasteiger partial charge in [0.2, 0.25) is 0 Å². The van der Waals surface area contributed by atoms with Crippen molar-refractivity contribution >= 4 is 62.8 Å². The molecule has 2 aromatic carbocycles.